The molecule has 1 aromatic carbocycles. The zero-order chi connectivity index (χ0) is 11.8. The molecule has 0 aliphatic heterocycles. The van der Waals surface area contributed by atoms with Crippen LogP contribution < -0.4 is 4.18 Å². The molecule has 86 valence electrons. The molecule has 0 unspecified atom stereocenters. The van der Waals surface area contributed by atoms with Gasteiger partial charge < -0.3 is 8.75 Å². The Morgan fingerprint density at radius 1 is 1.38 bits per heavy atom. The highest BCUT2D eigenvalue weighted by Crippen LogP contribution is 2.28. The summed E-state index contributed by atoms with van der Waals surface area (Å²) in [7, 11) is -4.48. The molecule has 5 nitrogen and oxygen atoms in total. The van der Waals surface area contributed by atoms with E-state index in [2.05, 4.69) is 4.18 Å². The van der Waals surface area contributed by atoms with Gasteiger partial charge in [0.15, 0.2) is 5.75 Å². The lowest BCUT2D eigenvalue weighted by atomic mass is 10.2. The molecular formula is C10H11NO4S. The fourth-order valence-electron chi connectivity index (χ4n) is 1.65. The molecule has 0 amide bonds. The molecule has 0 atom stereocenters. The quantitative estimate of drug-likeness (QED) is 0.832. The van der Waals surface area contributed by atoms with Gasteiger partial charge in [-0.1, -0.05) is 12.1 Å². The van der Waals surface area contributed by atoms with E-state index < -0.39 is 10.4 Å². The van der Waals surface area contributed by atoms with Crippen LogP contribution in [0.5, 0.6) is 5.75 Å². The first-order valence-corrected chi connectivity index (χ1v) is 6.12. The average Bonchev–Trinajstić information content (AvgIpc) is 2.55. The summed E-state index contributed by atoms with van der Waals surface area (Å²) in [6.45, 7) is 2.62. The fourth-order valence-corrected chi connectivity index (χ4v) is 2.01. The van der Waals surface area contributed by atoms with Crippen molar-refractivity contribution in [3.63, 3.8) is 0 Å². The maximum atomic E-state index is 10.7. The van der Waals surface area contributed by atoms with Crippen molar-refractivity contribution in [2.75, 3.05) is 0 Å². The summed E-state index contributed by atoms with van der Waals surface area (Å²) in [5.41, 5.74) is 0.864. The lowest BCUT2D eigenvalue weighted by molar-refractivity contribution is 0.388. The molecule has 0 bridgehead atoms. The SMILES string of the molecule is CCn1cc(OS(=O)(=O)O)c2ccccc21. The first kappa shape index (κ1) is 11.0. The molecule has 1 N–H and O–H groups in total. The van der Waals surface area contributed by atoms with Crippen LogP contribution in [0, 0.1) is 0 Å². The van der Waals surface area contributed by atoms with Gasteiger partial charge >= 0.3 is 10.4 Å². The van der Waals surface area contributed by atoms with Crippen molar-refractivity contribution in [2.24, 2.45) is 0 Å². The van der Waals surface area contributed by atoms with Gasteiger partial charge in [0.25, 0.3) is 0 Å². The second kappa shape index (κ2) is 3.80. The number of aryl methyl sites for hydroxylation is 1. The Kier molecular flexibility index (Phi) is 2.61. The van der Waals surface area contributed by atoms with E-state index in [0.29, 0.717) is 11.9 Å². The Labute approximate surface area is 93.2 Å². The Morgan fingerprint density at radius 2 is 2.06 bits per heavy atom. The van der Waals surface area contributed by atoms with Gasteiger partial charge in [-0.3, -0.25) is 4.55 Å². The van der Waals surface area contributed by atoms with Crippen LogP contribution in [-0.4, -0.2) is 17.5 Å². The second-order valence-electron chi connectivity index (χ2n) is 3.31. The number of hydrogen-bond donors (Lipinski definition) is 1. The molecule has 1 aromatic heterocycles. The van der Waals surface area contributed by atoms with Gasteiger partial charge in [-0.2, -0.15) is 8.42 Å². The number of benzene rings is 1. The van der Waals surface area contributed by atoms with E-state index >= 15 is 0 Å². The molecule has 0 aliphatic carbocycles. The minimum absolute atomic E-state index is 0.139. The molecule has 16 heavy (non-hydrogen) atoms. The third-order valence-corrected chi connectivity index (χ3v) is 2.68. The minimum Gasteiger partial charge on any atom is -0.359 e. The van der Waals surface area contributed by atoms with Crippen LogP contribution in [-0.2, 0) is 16.9 Å². The van der Waals surface area contributed by atoms with Crippen molar-refractivity contribution in [1.82, 2.24) is 4.57 Å². The minimum atomic E-state index is -4.48. The number of fused-ring (bicyclic) bond motifs is 1. The summed E-state index contributed by atoms with van der Waals surface area (Å²) in [5.74, 6) is 0.139. The molecule has 6 heteroatoms. The fraction of sp³-hybridized carbons (Fsp3) is 0.200. The molecule has 0 saturated heterocycles. The lowest BCUT2D eigenvalue weighted by Gasteiger charge is -1.97. The highest BCUT2D eigenvalue weighted by Gasteiger charge is 2.13. The first-order chi connectivity index (χ1) is 7.51. The summed E-state index contributed by atoms with van der Waals surface area (Å²) < 4.78 is 36.3. The number of para-hydroxylation sites is 1. The number of hydrogen-bond acceptors (Lipinski definition) is 3. The van der Waals surface area contributed by atoms with Gasteiger partial charge in [0.05, 0.1) is 5.52 Å². The van der Waals surface area contributed by atoms with Gasteiger partial charge in [0.2, 0.25) is 0 Å². The van der Waals surface area contributed by atoms with E-state index in [0.717, 1.165) is 5.52 Å². The number of nitrogens with zero attached hydrogens (tertiary/aromatic N) is 1. The Morgan fingerprint density at radius 3 is 2.69 bits per heavy atom. The van der Waals surface area contributed by atoms with Gasteiger partial charge in [-0.05, 0) is 19.1 Å². The molecule has 2 aromatic rings. The van der Waals surface area contributed by atoms with Crippen molar-refractivity contribution in [2.45, 2.75) is 13.5 Å². The molecule has 0 radical (unpaired) electrons. The third kappa shape index (κ3) is 2.02. The van der Waals surface area contributed by atoms with Crippen LogP contribution in [0.25, 0.3) is 10.9 Å². The van der Waals surface area contributed by atoms with Crippen molar-refractivity contribution in [1.29, 1.82) is 0 Å². The van der Waals surface area contributed by atoms with E-state index in [1.807, 2.05) is 23.6 Å². The smallest absolute Gasteiger partial charge is 0.359 e. The number of rotatable bonds is 3. The predicted molar refractivity (Wildman–Crippen MR) is 59.8 cm³/mol. The average molecular weight is 241 g/mol. The largest absolute Gasteiger partial charge is 0.446 e. The number of aromatic nitrogens is 1. The Bertz CT molecular complexity index is 615. The van der Waals surface area contributed by atoms with Crippen LogP contribution in [0.3, 0.4) is 0 Å². The van der Waals surface area contributed by atoms with E-state index in [1.165, 1.54) is 0 Å². The van der Waals surface area contributed by atoms with Crippen LogP contribution >= 0.6 is 0 Å². The van der Waals surface area contributed by atoms with Crippen LogP contribution in [0.4, 0.5) is 0 Å². The van der Waals surface area contributed by atoms with E-state index in [9.17, 15) is 8.42 Å². The molecule has 0 fully saturated rings. The van der Waals surface area contributed by atoms with Crippen LogP contribution in [0.1, 0.15) is 6.92 Å². The van der Waals surface area contributed by atoms with Crippen LogP contribution in [0.2, 0.25) is 0 Å². The van der Waals surface area contributed by atoms with Crippen molar-refractivity contribution in [3.05, 3.63) is 30.5 Å². The summed E-state index contributed by atoms with van der Waals surface area (Å²) in [5, 5.41) is 0.655. The summed E-state index contributed by atoms with van der Waals surface area (Å²) in [6, 6.07) is 7.22. The first-order valence-electron chi connectivity index (χ1n) is 4.76. The standard InChI is InChI=1S/C10H11NO4S/c1-2-11-7-10(15-16(12,13)14)8-5-3-4-6-9(8)11/h3-7H,2H2,1H3,(H,12,13,14). The molecule has 0 saturated carbocycles. The van der Waals surface area contributed by atoms with Crippen LogP contribution in [0.15, 0.2) is 30.5 Å². The maximum absolute atomic E-state index is 10.7. The van der Waals surface area contributed by atoms with E-state index in [1.54, 1.807) is 18.3 Å². The van der Waals surface area contributed by atoms with E-state index in [4.69, 9.17) is 4.55 Å². The summed E-state index contributed by atoms with van der Waals surface area (Å²) in [6.07, 6.45) is 1.55. The summed E-state index contributed by atoms with van der Waals surface area (Å²) in [4.78, 5) is 0. The topological polar surface area (TPSA) is 68.5 Å². The lowest BCUT2D eigenvalue weighted by Crippen LogP contribution is -2.06. The maximum Gasteiger partial charge on any atom is 0.446 e. The van der Waals surface area contributed by atoms with Gasteiger partial charge in [0, 0.05) is 18.1 Å². The Hall–Kier alpha value is -1.53. The summed E-state index contributed by atoms with van der Waals surface area (Å²) >= 11 is 0. The van der Waals surface area contributed by atoms with Gasteiger partial charge in [0.1, 0.15) is 0 Å². The molecular weight excluding hydrogens is 230 g/mol. The Balaban J connectivity index is 2.62. The van der Waals surface area contributed by atoms with E-state index in [-0.39, 0.29) is 5.75 Å². The highest BCUT2D eigenvalue weighted by molar-refractivity contribution is 7.81. The van der Waals surface area contributed by atoms with Crippen molar-refractivity contribution >= 4 is 21.3 Å². The van der Waals surface area contributed by atoms with Gasteiger partial charge in [-0.25, -0.2) is 0 Å². The molecule has 0 aliphatic rings. The zero-order valence-electron chi connectivity index (χ0n) is 8.62. The third-order valence-electron chi connectivity index (χ3n) is 2.29. The molecule has 0 spiro atoms. The normalized spacial score (nSPS) is 11.9. The van der Waals surface area contributed by atoms with Gasteiger partial charge in [-0.15, -0.1) is 0 Å². The second-order valence-corrected chi connectivity index (χ2v) is 4.33. The van der Waals surface area contributed by atoms with Crippen molar-refractivity contribution < 1.29 is 17.2 Å². The zero-order valence-corrected chi connectivity index (χ0v) is 9.44. The molecule has 2 rings (SSSR count). The predicted octanol–water partition coefficient (Wildman–Crippen LogP) is 1.84. The molecule has 1 heterocycles. The van der Waals surface area contributed by atoms with Crippen molar-refractivity contribution in [3.8, 4) is 5.75 Å². The monoisotopic (exact) mass is 241 g/mol. The highest BCUT2D eigenvalue weighted by atomic mass is 32.3.